The van der Waals surface area contributed by atoms with Gasteiger partial charge in [0.15, 0.2) is 0 Å². The molecule has 3 rings (SSSR count). The molecule has 0 fully saturated rings. The first-order chi connectivity index (χ1) is 14.1. The number of hydrogen-bond donors (Lipinski definition) is 1. The molecule has 2 aromatic carbocycles. The molecule has 1 unspecified atom stereocenters. The van der Waals surface area contributed by atoms with Crippen molar-refractivity contribution in [3.63, 3.8) is 0 Å². The highest BCUT2D eigenvalue weighted by atomic mass is 31.2. The number of unbranched alkanes of at least 4 members (excludes halogenated alkanes) is 2. The quantitative estimate of drug-likeness (QED) is 0.258. The summed E-state index contributed by atoms with van der Waals surface area (Å²) >= 11 is 0. The van der Waals surface area contributed by atoms with E-state index in [0.717, 1.165) is 53.4 Å². The summed E-state index contributed by atoms with van der Waals surface area (Å²) in [6, 6.07) is 18.5. The second-order valence-electron chi connectivity index (χ2n) is 7.21. The molecule has 5 heteroatoms. The number of hydrogen-bond acceptors (Lipinski definition) is 3. The normalized spacial score (nSPS) is 13.1. The lowest BCUT2D eigenvalue weighted by Gasteiger charge is -2.27. The Morgan fingerprint density at radius 2 is 1.55 bits per heavy atom. The van der Waals surface area contributed by atoms with Crippen LogP contribution in [0.4, 0.5) is 0 Å². The van der Waals surface area contributed by atoms with Crippen molar-refractivity contribution >= 4 is 18.5 Å². The smallest absolute Gasteiger partial charge is 0.338 e. The van der Waals surface area contributed by atoms with Gasteiger partial charge in [-0.05, 0) is 31.9 Å². The van der Waals surface area contributed by atoms with Gasteiger partial charge >= 0.3 is 7.60 Å². The maximum absolute atomic E-state index is 14.0. The standard InChI is InChI=1S/C24H32NO3P/c1-4-7-9-18-22(29(26,27-5-2)28-6-3)23-20-16-12-13-17-21(20)25-24(23)19-14-10-8-11-15-19/h8,10-17,22,25H,4-7,9,18H2,1-3H3. The maximum atomic E-state index is 14.0. The summed E-state index contributed by atoms with van der Waals surface area (Å²) in [5, 5.41) is 1.09. The van der Waals surface area contributed by atoms with Gasteiger partial charge in [0.1, 0.15) is 0 Å². The molecule has 0 aliphatic rings. The summed E-state index contributed by atoms with van der Waals surface area (Å²) < 4.78 is 25.7. The Morgan fingerprint density at radius 3 is 2.21 bits per heavy atom. The molecule has 1 N–H and O–H groups in total. The molecule has 0 spiro atoms. The number of nitrogens with one attached hydrogen (secondary N) is 1. The van der Waals surface area contributed by atoms with Crippen molar-refractivity contribution in [2.24, 2.45) is 0 Å². The lowest BCUT2D eigenvalue weighted by atomic mass is 9.99. The molecule has 0 aliphatic carbocycles. The lowest BCUT2D eigenvalue weighted by molar-refractivity contribution is 0.210. The summed E-state index contributed by atoms with van der Waals surface area (Å²) in [4.78, 5) is 3.58. The van der Waals surface area contributed by atoms with Gasteiger partial charge in [-0.15, -0.1) is 0 Å². The minimum Gasteiger partial charge on any atom is -0.354 e. The number of aromatic amines is 1. The van der Waals surface area contributed by atoms with Crippen LogP contribution in [0.5, 0.6) is 0 Å². The van der Waals surface area contributed by atoms with E-state index in [2.05, 4.69) is 36.2 Å². The van der Waals surface area contributed by atoms with Crippen molar-refractivity contribution in [1.82, 2.24) is 4.98 Å². The molecule has 0 saturated carbocycles. The highest BCUT2D eigenvalue weighted by molar-refractivity contribution is 7.54. The van der Waals surface area contributed by atoms with E-state index in [0.29, 0.717) is 13.2 Å². The van der Waals surface area contributed by atoms with Crippen molar-refractivity contribution in [3.05, 3.63) is 60.2 Å². The van der Waals surface area contributed by atoms with Gasteiger partial charge in [0, 0.05) is 16.5 Å². The third-order valence-corrected chi connectivity index (χ3v) is 7.74. The topological polar surface area (TPSA) is 51.3 Å². The molecule has 156 valence electrons. The molecule has 29 heavy (non-hydrogen) atoms. The van der Waals surface area contributed by atoms with Crippen LogP contribution in [0.25, 0.3) is 22.2 Å². The molecule has 0 radical (unpaired) electrons. The van der Waals surface area contributed by atoms with Crippen LogP contribution in [0.1, 0.15) is 57.7 Å². The van der Waals surface area contributed by atoms with Gasteiger partial charge in [-0.2, -0.15) is 0 Å². The second-order valence-corrected chi connectivity index (χ2v) is 9.43. The number of H-pyrrole nitrogens is 1. The first kappa shape index (κ1) is 21.8. The summed E-state index contributed by atoms with van der Waals surface area (Å²) in [5.74, 6) is 0. The van der Waals surface area contributed by atoms with Crippen molar-refractivity contribution in [2.75, 3.05) is 13.2 Å². The Bertz CT molecular complexity index is 941. The van der Waals surface area contributed by atoms with E-state index < -0.39 is 7.60 Å². The van der Waals surface area contributed by atoms with Crippen molar-refractivity contribution in [1.29, 1.82) is 0 Å². The zero-order valence-electron chi connectivity index (χ0n) is 17.7. The predicted molar refractivity (Wildman–Crippen MR) is 121 cm³/mol. The Morgan fingerprint density at radius 1 is 0.897 bits per heavy atom. The van der Waals surface area contributed by atoms with Crippen LogP contribution < -0.4 is 0 Å². The van der Waals surface area contributed by atoms with E-state index >= 15 is 0 Å². The molecule has 1 atom stereocenters. The van der Waals surface area contributed by atoms with Crippen LogP contribution in [0, 0.1) is 0 Å². The highest BCUT2D eigenvalue weighted by Gasteiger charge is 2.39. The van der Waals surface area contributed by atoms with Gasteiger partial charge < -0.3 is 14.0 Å². The Kier molecular flexibility index (Phi) is 7.71. The van der Waals surface area contributed by atoms with E-state index in [1.807, 2.05) is 44.2 Å². The van der Waals surface area contributed by atoms with Crippen LogP contribution in [-0.2, 0) is 13.6 Å². The number of benzene rings is 2. The Labute approximate surface area is 174 Å². The van der Waals surface area contributed by atoms with Crippen molar-refractivity contribution in [2.45, 2.75) is 52.1 Å². The van der Waals surface area contributed by atoms with Gasteiger partial charge in [0.2, 0.25) is 0 Å². The third kappa shape index (κ3) is 4.83. The summed E-state index contributed by atoms with van der Waals surface area (Å²) in [5.41, 5.74) is 3.88. The van der Waals surface area contributed by atoms with Gasteiger partial charge in [-0.1, -0.05) is 74.7 Å². The molecule has 0 amide bonds. The lowest BCUT2D eigenvalue weighted by Crippen LogP contribution is -2.08. The Hall–Kier alpha value is -1.87. The van der Waals surface area contributed by atoms with Crippen LogP contribution >= 0.6 is 7.60 Å². The monoisotopic (exact) mass is 413 g/mol. The number of rotatable bonds is 11. The van der Waals surface area contributed by atoms with E-state index in [4.69, 9.17) is 9.05 Å². The molecular weight excluding hydrogens is 381 g/mol. The minimum absolute atomic E-state index is 0.305. The van der Waals surface area contributed by atoms with Crippen LogP contribution in [0.3, 0.4) is 0 Å². The molecule has 0 saturated heterocycles. The van der Waals surface area contributed by atoms with Crippen LogP contribution in [0.2, 0.25) is 0 Å². The molecule has 0 bridgehead atoms. The van der Waals surface area contributed by atoms with Gasteiger partial charge in [0.25, 0.3) is 0 Å². The molecule has 0 aliphatic heterocycles. The first-order valence-corrected chi connectivity index (χ1v) is 12.3. The second kappa shape index (κ2) is 10.2. The number of fused-ring (bicyclic) bond motifs is 1. The zero-order valence-corrected chi connectivity index (χ0v) is 18.6. The van der Waals surface area contributed by atoms with Gasteiger partial charge in [-0.3, -0.25) is 4.57 Å². The molecule has 3 aromatic rings. The fourth-order valence-corrected chi connectivity index (χ4v) is 6.21. The van der Waals surface area contributed by atoms with E-state index in [9.17, 15) is 4.57 Å². The average Bonchev–Trinajstić information content (AvgIpc) is 3.11. The molecule has 1 aromatic heterocycles. The number of aromatic nitrogens is 1. The van der Waals surface area contributed by atoms with E-state index in [-0.39, 0.29) is 5.66 Å². The molecular formula is C24H32NO3P. The van der Waals surface area contributed by atoms with Gasteiger partial charge in [0.05, 0.1) is 24.6 Å². The fraction of sp³-hybridized carbons (Fsp3) is 0.417. The van der Waals surface area contributed by atoms with Gasteiger partial charge in [-0.25, -0.2) is 0 Å². The molecule has 1 heterocycles. The fourth-order valence-electron chi connectivity index (χ4n) is 3.97. The van der Waals surface area contributed by atoms with E-state index in [1.54, 1.807) is 0 Å². The average molecular weight is 413 g/mol. The largest absolute Gasteiger partial charge is 0.354 e. The van der Waals surface area contributed by atoms with Crippen molar-refractivity contribution < 1.29 is 13.6 Å². The minimum atomic E-state index is -3.33. The number of para-hydroxylation sites is 1. The highest BCUT2D eigenvalue weighted by Crippen LogP contribution is 2.64. The van der Waals surface area contributed by atoms with Crippen molar-refractivity contribution in [3.8, 4) is 11.3 Å². The SMILES string of the molecule is CCCCCC(c1c(-c2ccccc2)[nH]c2ccccc12)P(=O)(OCC)OCC. The third-order valence-electron chi connectivity index (χ3n) is 5.22. The van der Waals surface area contributed by atoms with Crippen LogP contribution in [0.15, 0.2) is 54.6 Å². The van der Waals surface area contributed by atoms with E-state index in [1.165, 1.54) is 0 Å². The maximum Gasteiger partial charge on any atom is 0.338 e. The summed E-state index contributed by atoms with van der Waals surface area (Å²) in [6.45, 7) is 6.67. The van der Waals surface area contributed by atoms with Crippen LogP contribution in [-0.4, -0.2) is 18.2 Å². The predicted octanol–water partition coefficient (Wildman–Crippen LogP) is 7.72. The molecule has 4 nitrogen and oxygen atoms in total. The summed E-state index contributed by atoms with van der Waals surface area (Å²) in [6.07, 6.45) is 3.96. The first-order valence-electron chi connectivity index (χ1n) is 10.7. The zero-order chi connectivity index (χ0) is 20.7. The summed E-state index contributed by atoms with van der Waals surface area (Å²) in [7, 11) is -3.33. The Balaban J connectivity index is 2.21.